The average molecular weight is 424 g/mol. The minimum Gasteiger partial charge on any atom is -0.493 e. The van der Waals surface area contributed by atoms with Crippen LogP contribution in [0.5, 0.6) is 17.2 Å². The Labute approximate surface area is 167 Å². The van der Waals surface area contributed by atoms with Crippen LogP contribution >= 0.6 is 0 Å². The van der Waals surface area contributed by atoms with Gasteiger partial charge in [-0.3, -0.25) is 4.79 Å². The second-order valence-corrected chi connectivity index (χ2v) is 8.28. The second kappa shape index (κ2) is 8.60. The molecule has 156 valence electrons. The highest BCUT2D eigenvalue weighted by molar-refractivity contribution is 7.89. The minimum absolute atomic E-state index is 0.208. The van der Waals surface area contributed by atoms with Crippen LogP contribution in [0, 0.1) is 5.82 Å². The number of hydrogen-bond donors (Lipinski definition) is 1. The Bertz CT molecular complexity index is 992. The molecule has 0 atom stereocenters. The zero-order valence-corrected chi connectivity index (χ0v) is 16.8. The molecule has 1 fully saturated rings. The molecule has 11 heteroatoms. The molecule has 0 bridgehead atoms. The molecule has 1 aromatic heterocycles. The van der Waals surface area contributed by atoms with E-state index < -0.39 is 27.5 Å². The molecule has 0 radical (unpaired) electrons. The molecule has 0 spiro atoms. The van der Waals surface area contributed by atoms with Gasteiger partial charge in [-0.25, -0.2) is 23.1 Å². The number of sulfonamides is 1. The van der Waals surface area contributed by atoms with Crippen LogP contribution in [-0.2, 0) is 10.0 Å². The van der Waals surface area contributed by atoms with E-state index in [1.807, 2.05) is 0 Å². The Balaban J connectivity index is 1.79. The summed E-state index contributed by atoms with van der Waals surface area (Å²) in [5, 5.41) is 0. The largest absolute Gasteiger partial charge is 0.493 e. The lowest BCUT2D eigenvalue weighted by atomic mass is 10.1. The van der Waals surface area contributed by atoms with E-state index in [1.165, 1.54) is 30.9 Å². The van der Waals surface area contributed by atoms with E-state index >= 15 is 0 Å². The van der Waals surface area contributed by atoms with Crippen molar-refractivity contribution in [3.05, 3.63) is 35.9 Å². The zero-order valence-electron chi connectivity index (χ0n) is 16.0. The third kappa shape index (κ3) is 5.11. The quantitative estimate of drug-likeness (QED) is 0.751. The first kappa shape index (κ1) is 20.8. The number of halogens is 1. The number of nitrogens with zero attached hydrogens (tertiary/aromatic N) is 3. The molecule has 0 saturated carbocycles. The highest BCUT2D eigenvalue weighted by Gasteiger charge is 2.23. The standard InChI is InChI=1S/C18H21FN4O5S/c1-27-16-13(17(24)22-29(2,25)26)6-7-14(15(16)19)28-12-10-20-18(21-11-12)23-8-4-3-5-9-23/h6-7,10-11H,3-5,8-9H2,1-2H3,(H,22,24). The van der Waals surface area contributed by atoms with Gasteiger partial charge in [0, 0.05) is 13.1 Å². The van der Waals surface area contributed by atoms with Gasteiger partial charge in [-0.15, -0.1) is 0 Å². The van der Waals surface area contributed by atoms with Crippen LogP contribution in [0.1, 0.15) is 29.6 Å². The van der Waals surface area contributed by atoms with Gasteiger partial charge in [0.1, 0.15) is 0 Å². The number of carbonyl (C=O) groups excluding carboxylic acids is 1. The predicted octanol–water partition coefficient (Wildman–Crippen LogP) is 2.10. The van der Waals surface area contributed by atoms with Crippen molar-refractivity contribution in [1.29, 1.82) is 0 Å². The van der Waals surface area contributed by atoms with Gasteiger partial charge in [-0.2, -0.15) is 4.39 Å². The van der Waals surface area contributed by atoms with E-state index in [0.29, 0.717) is 5.95 Å². The van der Waals surface area contributed by atoms with Crippen LogP contribution < -0.4 is 19.1 Å². The van der Waals surface area contributed by atoms with E-state index in [9.17, 15) is 17.6 Å². The van der Waals surface area contributed by atoms with Gasteiger partial charge in [0.05, 0.1) is 31.3 Å². The Morgan fingerprint density at radius 2 is 1.83 bits per heavy atom. The molecule has 1 N–H and O–H groups in total. The molecule has 9 nitrogen and oxygen atoms in total. The summed E-state index contributed by atoms with van der Waals surface area (Å²) in [6, 6.07) is 2.41. The fraction of sp³-hybridized carbons (Fsp3) is 0.389. The number of rotatable bonds is 6. The number of aromatic nitrogens is 2. The summed E-state index contributed by atoms with van der Waals surface area (Å²) in [7, 11) is -2.65. The maximum atomic E-state index is 14.8. The number of ether oxygens (including phenoxy) is 2. The van der Waals surface area contributed by atoms with Crippen molar-refractivity contribution in [2.75, 3.05) is 31.4 Å². The topological polar surface area (TPSA) is 111 Å². The maximum Gasteiger partial charge on any atom is 0.268 e. The second-order valence-electron chi connectivity index (χ2n) is 6.53. The SMILES string of the molecule is COc1c(C(=O)NS(C)(=O)=O)ccc(Oc2cnc(N3CCCCC3)nc2)c1F. The summed E-state index contributed by atoms with van der Waals surface area (Å²) in [4.78, 5) is 22.6. The van der Waals surface area contributed by atoms with E-state index in [2.05, 4.69) is 14.9 Å². The normalized spacial score (nSPS) is 14.4. The number of carbonyl (C=O) groups is 1. The molecule has 2 heterocycles. The molecule has 3 rings (SSSR count). The van der Waals surface area contributed by atoms with Crippen LogP contribution in [0.2, 0.25) is 0 Å². The Kier molecular flexibility index (Phi) is 6.16. The van der Waals surface area contributed by atoms with Crippen molar-refractivity contribution >= 4 is 21.9 Å². The fourth-order valence-corrected chi connectivity index (χ4v) is 3.41. The molecule has 1 amide bonds. The first-order valence-electron chi connectivity index (χ1n) is 8.92. The Hall–Kier alpha value is -2.95. The third-order valence-electron chi connectivity index (χ3n) is 4.27. The van der Waals surface area contributed by atoms with Crippen molar-refractivity contribution < 1.29 is 27.1 Å². The summed E-state index contributed by atoms with van der Waals surface area (Å²) in [6.45, 7) is 1.78. The van der Waals surface area contributed by atoms with Gasteiger partial charge in [0.25, 0.3) is 5.91 Å². The molecule has 2 aromatic rings. The summed E-state index contributed by atoms with van der Waals surface area (Å²) in [6.07, 6.45) is 7.06. The summed E-state index contributed by atoms with van der Waals surface area (Å²) in [5.41, 5.74) is -0.278. The monoisotopic (exact) mass is 424 g/mol. The minimum atomic E-state index is -3.81. The molecule has 29 heavy (non-hydrogen) atoms. The van der Waals surface area contributed by atoms with Gasteiger partial charge in [0.15, 0.2) is 17.2 Å². The van der Waals surface area contributed by atoms with Crippen molar-refractivity contribution in [2.24, 2.45) is 0 Å². The molecular weight excluding hydrogens is 403 g/mol. The number of benzene rings is 1. The lowest BCUT2D eigenvalue weighted by Gasteiger charge is -2.26. The number of nitrogens with one attached hydrogen (secondary N) is 1. The van der Waals surface area contributed by atoms with E-state index in [4.69, 9.17) is 9.47 Å². The van der Waals surface area contributed by atoms with Crippen LogP contribution in [0.25, 0.3) is 0 Å². The predicted molar refractivity (Wildman–Crippen MR) is 103 cm³/mol. The van der Waals surface area contributed by atoms with Gasteiger partial charge < -0.3 is 14.4 Å². The Morgan fingerprint density at radius 3 is 2.41 bits per heavy atom. The van der Waals surface area contributed by atoms with Gasteiger partial charge in [0.2, 0.25) is 21.8 Å². The van der Waals surface area contributed by atoms with Gasteiger partial charge >= 0.3 is 0 Å². The highest BCUT2D eigenvalue weighted by atomic mass is 32.2. The molecule has 1 aliphatic rings. The first-order valence-corrected chi connectivity index (χ1v) is 10.8. The number of amides is 1. The molecule has 1 aromatic carbocycles. The van der Waals surface area contributed by atoms with Gasteiger partial charge in [-0.1, -0.05) is 0 Å². The summed E-state index contributed by atoms with van der Waals surface area (Å²) < 4.78 is 49.4. The summed E-state index contributed by atoms with van der Waals surface area (Å²) in [5.74, 6) is -1.82. The summed E-state index contributed by atoms with van der Waals surface area (Å²) >= 11 is 0. The smallest absolute Gasteiger partial charge is 0.268 e. The van der Waals surface area contributed by atoms with Crippen LogP contribution in [0.4, 0.5) is 10.3 Å². The number of methoxy groups -OCH3 is 1. The lowest BCUT2D eigenvalue weighted by Crippen LogP contribution is -2.30. The van der Waals surface area contributed by atoms with Crippen molar-refractivity contribution in [3.63, 3.8) is 0 Å². The van der Waals surface area contributed by atoms with Crippen molar-refractivity contribution in [1.82, 2.24) is 14.7 Å². The lowest BCUT2D eigenvalue weighted by molar-refractivity contribution is 0.0977. The number of hydrogen-bond acceptors (Lipinski definition) is 8. The van der Waals surface area contributed by atoms with E-state index in [1.54, 1.807) is 4.72 Å². The van der Waals surface area contributed by atoms with Crippen LogP contribution in [0.15, 0.2) is 24.5 Å². The van der Waals surface area contributed by atoms with E-state index in [0.717, 1.165) is 39.3 Å². The molecular formula is C18H21FN4O5S. The molecule has 0 aliphatic carbocycles. The number of piperidine rings is 1. The first-order chi connectivity index (χ1) is 13.8. The van der Waals surface area contributed by atoms with Gasteiger partial charge in [-0.05, 0) is 31.4 Å². The molecule has 1 saturated heterocycles. The third-order valence-corrected chi connectivity index (χ3v) is 4.83. The highest BCUT2D eigenvalue weighted by Crippen LogP contribution is 2.33. The van der Waals surface area contributed by atoms with E-state index in [-0.39, 0.29) is 17.1 Å². The van der Waals surface area contributed by atoms with Crippen molar-refractivity contribution in [3.8, 4) is 17.2 Å². The van der Waals surface area contributed by atoms with Crippen molar-refractivity contribution in [2.45, 2.75) is 19.3 Å². The maximum absolute atomic E-state index is 14.8. The van der Waals surface area contributed by atoms with Crippen LogP contribution in [-0.4, -0.2) is 50.7 Å². The number of anilines is 1. The van der Waals surface area contributed by atoms with Crippen LogP contribution in [0.3, 0.4) is 0 Å². The molecule has 1 aliphatic heterocycles. The zero-order chi connectivity index (χ0) is 21.0. The average Bonchev–Trinajstić information content (AvgIpc) is 2.69. The molecule has 0 unspecified atom stereocenters. The fourth-order valence-electron chi connectivity index (χ4n) is 2.96. The Morgan fingerprint density at radius 1 is 1.17 bits per heavy atom.